The largest absolute Gasteiger partial charge is 0.392 e. The number of anilines is 1. The van der Waals surface area contributed by atoms with Crippen molar-refractivity contribution in [3.63, 3.8) is 0 Å². The van der Waals surface area contributed by atoms with Gasteiger partial charge in [-0.15, -0.1) is 0 Å². The van der Waals surface area contributed by atoms with E-state index in [2.05, 4.69) is 10.6 Å². The Balaban J connectivity index is 1.61. The third-order valence-electron chi connectivity index (χ3n) is 6.76. The minimum absolute atomic E-state index is 0.0180. The predicted molar refractivity (Wildman–Crippen MR) is 109 cm³/mol. The number of rotatable bonds is 3. The lowest BCUT2D eigenvalue weighted by atomic mass is 9.76. The fourth-order valence-electron chi connectivity index (χ4n) is 5.31. The van der Waals surface area contributed by atoms with Gasteiger partial charge >= 0.3 is 0 Å². The summed E-state index contributed by atoms with van der Waals surface area (Å²) in [5.74, 6) is -3.59. The van der Waals surface area contributed by atoms with Crippen molar-refractivity contribution in [2.45, 2.75) is 38.1 Å². The molecule has 0 aromatic heterocycles. The second-order valence-corrected chi connectivity index (χ2v) is 8.56. The lowest BCUT2D eigenvalue weighted by molar-refractivity contribution is -0.143. The number of para-hydroxylation sites is 1. The summed E-state index contributed by atoms with van der Waals surface area (Å²) >= 11 is 0. The van der Waals surface area contributed by atoms with Crippen LogP contribution in [0.15, 0.2) is 42.5 Å². The second-order valence-electron chi connectivity index (χ2n) is 8.56. The number of nitrogens with one attached hydrogen (secondary N) is 2. The van der Waals surface area contributed by atoms with E-state index < -0.39 is 53.1 Å². The van der Waals surface area contributed by atoms with E-state index in [0.29, 0.717) is 16.8 Å². The van der Waals surface area contributed by atoms with Crippen molar-refractivity contribution in [1.29, 1.82) is 0 Å². The molecule has 160 valence electrons. The van der Waals surface area contributed by atoms with Gasteiger partial charge in [0.25, 0.3) is 0 Å². The molecule has 3 aliphatic heterocycles. The van der Waals surface area contributed by atoms with Crippen molar-refractivity contribution in [3.05, 3.63) is 65.0 Å². The summed E-state index contributed by atoms with van der Waals surface area (Å²) in [6, 6.07) is 10.3. The number of hydrogen-bond donors (Lipinski definition) is 3. The first kappa shape index (κ1) is 19.8. The third-order valence-corrected chi connectivity index (χ3v) is 6.76. The standard InChI is InChI=1S/C23H22FN3O4/c1-11-4-3-5-15-18(11)25-22(31)23(15)17-16(19(26-23)12(2)28)20(29)27(21(17)30)10-13-6-8-14(24)9-7-13/h3-9,12,16-17,19,26,28H,10H2,1-2H3,(H,25,31)/t12-,16+,17+,19+,23+/m1/s1. The van der Waals surface area contributed by atoms with Gasteiger partial charge < -0.3 is 10.4 Å². The van der Waals surface area contributed by atoms with Crippen LogP contribution in [-0.2, 0) is 26.5 Å². The van der Waals surface area contributed by atoms with Crippen LogP contribution in [0.4, 0.5) is 10.1 Å². The molecule has 5 atom stereocenters. The number of likely N-dealkylation sites (tertiary alicyclic amines) is 1. The van der Waals surface area contributed by atoms with E-state index in [9.17, 15) is 23.9 Å². The zero-order chi connectivity index (χ0) is 22.1. The molecule has 2 aromatic rings. The summed E-state index contributed by atoms with van der Waals surface area (Å²) in [7, 11) is 0. The van der Waals surface area contributed by atoms with Crippen molar-refractivity contribution in [3.8, 4) is 0 Å². The number of amides is 3. The Morgan fingerprint density at radius 2 is 1.84 bits per heavy atom. The molecule has 5 rings (SSSR count). The molecule has 2 aromatic carbocycles. The highest BCUT2D eigenvalue weighted by Crippen LogP contribution is 2.54. The molecule has 8 heteroatoms. The number of aliphatic hydroxyl groups excluding tert-OH is 1. The average molecular weight is 423 g/mol. The molecule has 0 radical (unpaired) electrons. The molecule has 3 amide bonds. The van der Waals surface area contributed by atoms with Crippen LogP contribution in [0.1, 0.15) is 23.6 Å². The van der Waals surface area contributed by atoms with E-state index in [1.165, 1.54) is 31.2 Å². The molecular formula is C23H22FN3O4. The first-order chi connectivity index (χ1) is 14.8. The maximum absolute atomic E-state index is 13.6. The van der Waals surface area contributed by atoms with Crippen LogP contribution < -0.4 is 10.6 Å². The average Bonchev–Trinajstić information content (AvgIpc) is 3.32. The Kier molecular flexibility index (Phi) is 4.29. The van der Waals surface area contributed by atoms with E-state index in [0.717, 1.165) is 10.5 Å². The molecule has 2 fully saturated rings. The molecule has 31 heavy (non-hydrogen) atoms. The lowest BCUT2D eigenvalue weighted by Crippen LogP contribution is -2.54. The Labute approximate surface area is 178 Å². The number of aryl methyl sites for hydroxylation is 1. The molecule has 3 N–H and O–H groups in total. The van der Waals surface area contributed by atoms with Crippen LogP contribution in [0.5, 0.6) is 0 Å². The fraction of sp³-hybridized carbons (Fsp3) is 0.348. The number of halogens is 1. The Morgan fingerprint density at radius 3 is 2.52 bits per heavy atom. The van der Waals surface area contributed by atoms with Gasteiger partial charge in [-0.25, -0.2) is 4.39 Å². The van der Waals surface area contributed by atoms with Crippen molar-refractivity contribution in [2.24, 2.45) is 11.8 Å². The molecule has 1 spiro atoms. The number of carbonyl (C=O) groups excluding carboxylic acids is 3. The van der Waals surface area contributed by atoms with Crippen LogP contribution in [0, 0.1) is 24.6 Å². The first-order valence-electron chi connectivity index (χ1n) is 10.2. The summed E-state index contributed by atoms with van der Waals surface area (Å²) in [6.45, 7) is 3.38. The van der Waals surface area contributed by atoms with Crippen molar-refractivity contribution in [2.75, 3.05) is 5.32 Å². The SMILES string of the molecule is Cc1cccc2c1NC(=O)[C@]21N[C@@H]([C@@H](C)O)[C@H]2C(=O)N(Cc3ccc(F)cc3)C(=O)[C@H]21. The summed E-state index contributed by atoms with van der Waals surface area (Å²) < 4.78 is 13.3. The van der Waals surface area contributed by atoms with Gasteiger partial charge in [0, 0.05) is 17.3 Å². The van der Waals surface area contributed by atoms with Gasteiger partial charge in [-0.3, -0.25) is 24.6 Å². The maximum Gasteiger partial charge on any atom is 0.250 e. The summed E-state index contributed by atoms with van der Waals surface area (Å²) in [5.41, 5.74) is 1.26. The highest BCUT2D eigenvalue weighted by Gasteiger charge is 2.71. The fourth-order valence-corrected chi connectivity index (χ4v) is 5.31. The van der Waals surface area contributed by atoms with Crippen molar-refractivity contribution in [1.82, 2.24) is 10.2 Å². The minimum atomic E-state index is -1.43. The molecule has 0 unspecified atom stereocenters. The highest BCUT2D eigenvalue weighted by molar-refractivity contribution is 6.15. The lowest BCUT2D eigenvalue weighted by Gasteiger charge is -2.30. The Bertz CT molecular complexity index is 1120. The predicted octanol–water partition coefficient (Wildman–Crippen LogP) is 1.44. The van der Waals surface area contributed by atoms with Crippen molar-refractivity contribution < 1.29 is 23.9 Å². The number of imide groups is 1. The van der Waals surface area contributed by atoms with Crippen LogP contribution >= 0.6 is 0 Å². The normalized spacial score (nSPS) is 30.0. The minimum Gasteiger partial charge on any atom is -0.392 e. The van der Waals surface area contributed by atoms with Gasteiger partial charge in [0.2, 0.25) is 17.7 Å². The first-order valence-corrected chi connectivity index (χ1v) is 10.2. The number of carbonyl (C=O) groups is 3. The van der Waals surface area contributed by atoms with Crippen LogP contribution in [0.3, 0.4) is 0 Å². The molecule has 2 saturated heterocycles. The van der Waals surface area contributed by atoms with Gasteiger partial charge in [0.05, 0.1) is 24.5 Å². The topological polar surface area (TPSA) is 98.7 Å². The number of aliphatic hydroxyl groups is 1. The number of hydrogen-bond acceptors (Lipinski definition) is 5. The van der Waals surface area contributed by atoms with Crippen LogP contribution in [-0.4, -0.2) is 39.9 Å². The van der Waals surface area contributed by atoms with E-state index in [1.807, 2.05) is 13.0 Å². The molecule has 3 heterocycles. The van der Waals surface area contributed by atoms with Gasteiger partial charge in [0.1, 0.15) is 11.4 Å². The third kappa shape index (κ3) is 2.61. The van der Waals surface area contributed by atoms with Gasteiger partial charge in [0.15, 0.2) is 0 Å². The number of benzene rings is 2. The molecule has 0 aliphatic carbocycles. The Morgan fingerprint density at radius 1 is 1.13 bits per heavy atom. The smallest absolute Gasteiger partial charge is 0.250 e. The van der Waals surface area contributed by atoms with Gasteiger partial charge in [-0.1, -0.05) is 30.3 Å². The van der Waals surface area contributed by atoms with E-state index in [-0.39, 0.29) is 6.54 Å². The van der Waals surface area contributed by atoms with Crippen LogP contribution in [0.2, 0.25) is 0 Å². The van der Waals surface area contributed by atoms with E-state index >= 15 is 0 Å². The Hall–Kier alpha value is -3.10. The molecule has 7 nitrogen and oxygen atoms in total. The van der Waals surface area contributed by atoms with Crippen LogP contribution in [0.25, 0.3) is 0 Å². The highest BCUT2D eigenvalue weighted by atomic mass is 19.1. The molecular weight excluding hydrogens is 401 g/mol. The van der Waals surface area contributed by atoms with Gasteiger partial charge in [-0.05, 0) is 37.1 Å². The monoisotopic (exact) mass is 423 g/mol. The molecule has 0 bridgehead atoms. The summed E-state index contributed by atoms with van der Waals surface area (Å²) in [4.78, 5) is 41.3. The quantitative estimate of drug-likeness (QED) is 0.649. The summed E-state index contributed by atoms with van der Waals surface area (Å²) in [5, 5.41) is 16.5. The molecule has 3 aliphatic rings. The number of nitrogens with zero attached hydrogens (tertiary/aromatic N) is 1. The van der Waals surface area contributed by atoms with E-state index in [4.69, 9.17) is 0 Å². The second kappa shape index (κ2) is 6.70. The van der Waals surface area contributed by atoms with Gasteiger partial charge in [-0.2, -0.15) is 0 Å². The van der Waals surface area contributed by atoms with Crippen molar-refractivity contribution >= 4 is 23.4 Å². The van der Waals surface area contributed by atoms with E-state index in [1.54, 1.807) is 12.1 Å². The maximum atomic E-state index is 13.6. The summed E-state index contributed by atoms with van der Waals surface area (Å²) in [6.07, 6.45) is -0.962. The number of fused-ring (bicyclic) bond motifs is 4. The zero-order valence-corrected chi connectivity index (χ0v) is 17.1. The molecule has 0 saturated carbocycles. The zero-order valence-electron chi connectivity index (χ0n) is 17.1.